The molecule has 0 saturated carbocycles. The Balaban J connectivity index is 0.000000366. The smallest absolute Gasteiger partial charge is 0.330 e. The van der Waals surface area contributed by atoms with E-state index in [1.807, 2.05) is 54.6 Å². The number of hydrogen-bond acceptors (Lipinski definition) is 5. The summed E-state index contributed by atoms with van der Waals surface area (Å²) < 4.78 is 15.4. The molecule has 0 bridgehead atoms. The van der Waals surface area contributed by atoms with Gasteiger partial charge in [0, 0.05) is 17.7 Å². The third-order valence-corrected chi connectivity index (χ3v) is 4.56. The molecule has 2 rings (SSSR count). The lowest BCUT2D eigenvalue weighted by Crippen LogP contribution is -2.10. The van der Waals surface area contributed by atoms with Crippen LogP contribution < -0.4 is 4.74 Å². The lowest BCUT2D eigenvalue weighted by Gasteiger charge is -2.11. The molecule has 0 saturated heterocycles. The molecule has 0 aliphatic rings. The fourth-order valence-electron chi connectivity index (χ4n) is 2.86. The number of carbonyl (C=O) groups is 2. The number of esters is 2. The molecule has 0 spiro atoms. The monoisotopic (exact) mass is 452 g/mol. The second-order valence-electron chi connectivity index (χ2n) is 7.70. The van der Waals surface area contributed by atoms with Crippen LogP contribution in [0.3, 0.4) is 0 Å². The molecule has 178 valence electrons. The predicted molar refractivity (Wildman–Crippen MR) is 133 cm³/mol. The minimum absolute atomic E-state index is 0.202. The Labute approximate surface area is 198 Å². The Morgan fingerprint density at radius 3 is 2.03 bits per heavy atom. The molecular weight excluding hydrogens is 416 g/mol. The average molecular weight is 453 g/mol. The number of hydrogen-bond donors (Lipinski definition) is 0. The Hall–Kier alpha value is -3.34. The minimum atomic E-state index is -0.440. The van der Waals surface area contributed by atoms with E-state index in [9.17, 15) is 9.59 Å². The quantitative estimate of drug-likeness (QED) is 0.200. The molecule has 0 aliphatic heterocycles. The highest BCUT2D eigenvalue weighted by molar-refractivity contribution is 5.81. The van der Waals surface area contributed by atoms with E-state index in [4.69, 9.17) is 14.2 Å². The maximum absolute atomic E-state index is 10.9. The first-order valence-electron chi connectivity index (χ1n) is 11.3. The maximum atomic E-state index is 10.9. The van der Waals surface area contributed by atoms with Crippen LogP contribution in [0.25, 0.3) is 11.1 Å². The summed E-state index contributed by atoms with van der Waals surface area (Å²) >= 11 is 0. The zero-order valence-electron chi connectivity index (χ0n) is 19.8. The van der Waals surface area contributed by atoms with Gasteiger partial charge in [-0.1, -0.05) is 94.8 Å². The fourth-order valence-corrected chi connectivity index (χ4v) is 2.86. The number of unbranched alkanes of at least 4 members (excludes halogenated alkanes) is 2. The number of carbonyl (C=O) groups excluding carboxylic acids is 2. The van der Waals surface area contributed by atoms with Gasteiger partial charge in [-0.25, -0.2) is 9.59 Å². The maximum Gasteiger partial charge on any atom is 0.330 e. The summed E-state index contributed by atoms with van der Waals surface area (Å²) in [6.07, 6.45) is 6.93. The van der Waals surface area contributed by atoms with E-state index in [1.54, 1.807) is 0 Å². The molecule has 0 aliphatic carbocycles. The standard InChI is InChI=1S/C17H16O3.C11H20O2/c1-2-17(18)20-13-12-19-16-11-7-6-10-15(16)14-8-4-3-5-9-14;1-4-11(12)13-9-7-5-6-8-10(2)3/h2-11H,1,12-13H2;4,10H,1,5-9H2,2-3H3. The highest BCUT2D eigenvalue weighted by atomic mass is 16.6. The lowest BCUT2D eigenvalue weighted by molar-refractivity contribution is -0.139. The molecule has 0 amide bonds. The molecule has 0 heterocycles. The van der Waals surface area contributed by atoms with Crippen molar-refractivity contribution in [2.75, 3.05) is 19.8 Å². The van der Waals surface area contributed by atoms with Crippen molar-refractivity contribution in [2.24, 2.45) is 5.92 Å². The molecule has 0 atom stereocenters. The van der Waals surface area contributed by atoms with Crippen molar-refractivity contribution in [2.45, 2.75) is 39.5 Å². The van der Waals surface area contributed by atoms with Crippen LogP contribution in [-0.4, -0.2) is 31.8 Å². The number of para-hydroxylation sites is 1. The summed E-state index contributed by atoms with van der Waals surface area (Å²) in [5.74, 6) is 0.790. The number of benzene rings is 2. The Morgan fingerprint density at radius 1 is 0.788 bits per heavy atom. The van der Waals surface area contributed by atoms with Gasteiger partial charge in [0.2, 0.25) is 0 Å². The third kappa shape index (κ3) is 13.0. The summed E-state index contributed by atoms with van der Waals surface area (Å²) in [5.41, 5.74) is 2.11. The summed E-state index contributed by atoms with van der Waals surface area (Å²) in [7, 11) is 0. The van der Waals surface area contributed by atoms with E-state index in [0.717, 1.165) is 41.7 Å². The van der Waals surface area contributed by atoms with Crippen molar-refractivity contribution in [1.29, 1.82) is 0 Å². The van der Waals surface area contributed by atoms with Crippen molar-refractivity contribution in [3.63, 3.8) is 0 Å². The van der Waals surface area contributed by atoms with Gasteiger partial charge >= 0.3 is 11.9 Å². The molecule has 0 N–H and O–H groups in total. The van der Waals surface area contributed by atoms with Crippen LogP contribution in [0.1, 0.15) is 39.5 Å². The molecular formula is C28H36O5. The van der Waals surface area contributed by atoms with Crippen LogP contribution in [-0.2, 0) is 19.1 Å². The molecule has 2 aromatic carbocycles. The first-order valence-corrected chi connectivity index (χ1v) is 11.3. The van der Waals surface area contributed by atoms with Crippen LogP contribution in [0.4, 0.5) is 0 Å². The van der Waals surface area contributed by atoms with Crippen LogP contribution in [0.5, 0.6) is 5.75 Å². The third-order valence-electron chi connectivity index (χ3n) is 4.56. The van der Waals surface area contributed by atoms with E-state index < -0.39 is 5.97 Å². The van der Waals surface area contributed by atoms with Gasteiger partial charge in [0.1, 0.15) is 19.0 Å². The van der Waals surface area contributed by atoms with Crippen LogP contribution in [0.15, 0.2) is 79.9 Å². The largest absolute Gasteiger partial charge is 0.489 e. The van der Waals surface area contributed by atoms with E-state index >= 15 is 0 Å². The second kappa shape index (κ2) is 17.2. The summed E-state index contributed by atoms with van der Waals surface area (Å²) in [6.45, 7) is 12.1. The van der Waals surface area contributed by atoms with Crippen molar-refractivity contribution in [3.8, 4) is 16.9 Å². The summed E-state index contributed by atoms with van der Waals surface area (Å²) in [6, 6.07) is 17.8. The Bertz CT molecular complexity index is 842. The van der Waals surface area contributed by atoms with Gasteiger partial charge < -0.3 is 14.2 Å². The van der Waals surface area contributed by atoms with Gasteiger partial charge in [0.15, 0.2) is 0 Å². The van der Waals surface area contributed by atoms with Gasteiger partial charge in [-0.2, -0.15) is 0 Å². The van der Waals surface area contributed by atoms with Crippen molar-refractivity contribution < 1.29 is 23.8 Å². The lowest BCUT2D eigenvalue weighted by atomic mass is 10.1. The Kier molecular flexibility index (Phi) is 14.5. The van der Waals surface area contributed by atoms with Crippen LogP contribution in [0.2, 0.25) is 0 Å². The zero-order chi connectivity index (χ0) is 24.3. The van der Waals surface area contributed by atoms with Crippen molar-refractivity contribution >= 4 is 11.9 Å². The second-order valence-corrected chi connectivity index (χ2v) is 7.70. The van der Waals surface area contributed by atoms with Crippen molar-refractivity contribution in [3.05, 3.63) is 79.9 Å². The minimum Gasteiger partial charge on any atom is -0.489 e. The number of ether oxygens (including phenoxy) is 3. The highest BCUT2D eigenvalue weighted by Gasteiger charge is 2.05. The molecule has 5 nitrogen and oxygen atoms in total. The van der Waals surface area contributed by atoms with Gasteiger partial charge in [-0.3, -0.25) is 0 Å². The van der Waals surface area contributed by atoms with Gasteiger partial charge in [-0.05, 0) is 24.0 Å². The van der Waals surface area contributed by atoms with E-state index in [0.29, 0.717) is 13.2 Å². The van der Waals surface area contributed by atoms with Gasteiger partial charge in [0.25, 0.3) is 0 Å². The van der Waals surface area contributed by atoms with E-state index in [1.165, 1.54) is 18.9 Å². The SMILES string of the molecule is C=CC(=O)OCCCCCC(C)C.C=CC(=O)OCCOc1ccccc1-c1ccccc1. The summed E-state index contributed by atoms with van der Waals surface area (Å²) in [5, 5.41) is 0. The number of rotatable bonds is 13. The predicted octanol–water partition coefficient (Wildman–Crippen LogP) is 6.39. The van der Waals surface area contributed by atoms with Gasteiger partial charge in [0.05, 0.1) is 6.61 Å². The van der Waals surface area contributed by atoms with E-state index in [2.05, 4.69) is 27.0 Å². The molecule has 5 heteroatoms. The first kappa shape index (κ1) is 27.7. The molecule has 0 aromatic heterocycles. The van der Waals surface area contributed by atoms with Crippen LogP contribution in [0, 0.1) is 5.92 Å². The molecule has 0 radical (unpaired) electrons. The topological polar surface area (TPSA) is 61.8 Å². The zero-order valence-corrected chi connectivity index (χ0v) is 19.8. The molecule has 33 heavy (non-hydrogen) atoms. The average Bonchev–Trinajstić information content (AvgIpc) is 2.84. The molecule has 0 fully saturated rings. The van der Waals surface area contributed by atoms with Gasteiger partial charge in [-0.15, -0.1) is 0 Å². The van der Waals surface area contributed by atoms with E-state index in [-0.39, 0.29) is 12.6 Å². The van der Waals surface area contributed by atoms with Crippen molar-refractivity contribution in [1.82, 2.24) is 0 Å². The molecule has 2 aromatic rings. The molecule has 0 unspecified atom stereocenters. The summed E-state index contributed by atoms with van der Waals surface area (Å²) in [4.78, 5) is 21.5. The van der Waals surface area contributed by atoms with Crippen LogP contribution >= 0.6 is 0 Å². The fraction of sp³-hybridized carbons (Fsp3) is 0.357. The Morgan fingerprint density at radius 2 is 1.39 bits per heavy atom. The normalized spacial score (nSPS) is 9.91. The first-order chi connectivity index (χ1) is 16.0. The highest BCUT2D eigenvalue weighted by Crippen LogP contribution is 2.29.